The minimum Gasteiger partial charge on any atom is -0.497 e. The number of hydrogen-bond acceptors (Lipinski definition) is 5. The third-order valence-corrected chi connectivity index (χ3v) is 13.7. The zero-order valence-corrected chi connectivity index (χ0v) is 20.5. The van der Waals surface area contributed by atoms with Gasteiger partial charge in [0.25, 0.3) is 0 Å². The molecule has 3 aromatic carbocycles. The Morgan fingerprint density at radius 3 is 1.22 bits per heavy atom. The fourth-order valence-electron chi connectivity index (χ4n) is 3.27. The van der Waals surface area contributed by atoms with Crippen molar-refractivity contribution in [2.24, 2.45) is 0 Å². The molecular weight excluding hydrogens is 556 g/mol. The van der Waals surface area contributed by atoms with Crippen LogP contribution < -0.4 is 4.74 Å². The van der Waals surface area contributed by atoms with E-state index in [1.165, 1.54) is 55.6 Å². The fourth-order valence-corrected chi connectivity index (χ4v) is 12.5. The zero-order chi connectivity index (χ0) is 27.0. The van der Waals surface area contributed by atoms with Crippen LogP contribution in [0.15, 0.2) is 99.6 Å². The maximum Gasteiger partial charge on any atom is 0.513 e. The second kappa shape index (κ2) is 9.61. The fraction of sp³-hybridized carbons (Fsp3) is 0.143. The summed E-state index contributed by atoms with van der Waals surface area (Å²) in [6.07, 6.45) is 0. The molecular formula is C21H17F6NO5S3. The monoisotopic (exact) mass is 573 g/mol. The Balaban J connectivity index is 2.69. The Morgan fingerprint density at radius 2 is 0.917 bits per heavy atom. The molecule has 0 aliphatic heterocycles. The van der Waals surface area contributed by atoms with Crippen LogP contribution in [0, 0.1) is 0 Å². The molecule has 0 spiro atoms. The first-order valence-electron chi connectivity index (χ1n) is 9.62. The largest absolute Gasteiger partial charge is 0.513 e. The van der Waals surface area contributed by atoms with Crippen molar-refractivity contribution in [3.8, 4) is 5.75 Å². The van der Waals surface area contributed by atoms with Gasteiger partial charge >= 0.3 is 31.1 Å². The molecule has 3 rings (SSSR count). The van der Waals surface area contributed by atoms with Gasteiger partial charge in [0, 0.05) is 14.7 Å². The summed E-state index contributed by atoms with van der Waals surface area (Å²) in [5.41, 5.74) is -12.8. The lowest BCUT2D eigenvalue weighted by Crippen LogP contribution is -2.50. The molecule has 3 aromatic rings. The number of methoxy groups -OCH3 is 1. The Morgan fingerprint density at radius 1 is 0.583 bits per heavy atom. The van der Waals surface area contributed by atoms with Gasteiger partial charge in [0.2, 0.25) is 0 Å². The molecule has 36 heavy (non-hydrogen) atoms. The molecule has 15 heteroatoms. The highest BCUT2D eigenvalue weighted by Crippen LogP contribution is 2.73. The second-order valence-electron chi connectivity index (χ2n) is 6.95. The molecule has 196 valence electrons. The van der Waals surface area contributed by atoms with E-state index in [1.54, 1.807) is 0 Å². The van der Waals surface area contributed by atoms with E-state index >= 15 is 0 Å². The van der Waals surface area contributed by atoms with E-state index in [4.69, 9.17) is 4.74 Å². The number of ether oxygens (including phenoxy) is 1. The number of hydrogen-bond donors (Lipinski definition) is 0. The molecule has 0 bridgehead atoms. The summed E-state index contributed by atoms with van der Waals surface area (Å²) in [6, 6.07) is 16.4. The van der Waals surface area contributed by atoms with Crippen molar-refractivity contribution in [1.29, 1.82) is 0 Å². The minimum absolute atomic E-state index is 0.136. The van der Waals surface area contributed by atoms with E-state index in [0.29, 0.717) is 0 Å². The molecule has 0 radical (unpaired) electrons. The van der Waals surface area contributed by atoms with Crippen LogP contribution in [0.1, 0.15) is 0 Å². The van der Waals surface area contributed by atoms with Crippen LogP contribution in [0.5, 0.6) is 5.75 Å². The van der Waals surface area contributed by atoms with Gasteiger partial charge in [-0.15, -0.1) is 0 Å². The molecule has 0 amide bonds. The first-order valence-corrected chi connectivity index (χ1v) is 14.1. The molecule has 0 N–H and O–H groups in total. The van der Waals surface area contributed by atoms with Crippen molar-refractivity contribution in [2.45, 2.75) is 25.7 Å². The van der Waals surface area contributed by atoms with E-state index < -0.39 is 59.1 Å². The Hall–Kier alpha value is -2.75. The van der Waals surface area contributed by atoms with Crippen molar-refractivity contribution in [3.63, 3.8) is 0 Å². The molecule has 0 saturated carbocycles. The van der Waals surface area contributed by atoms with Gasteiger partial charge in [-0.25, -0.2) is 16.8 Å². The lowest BCUT2D eigenvalue weighted by atomic mass is 10.3. The number of alkyl halides is 6. The van der Waals surface area contributed by atoms with Crippen molar-refractivity contribution < 1.29 is 47.9 Å². The minimum atomic E-state index is -7.17. The summed E-state index contributed by atoms with van der Waals surface area (Å²) in [4.78, 5) is -1.27. The predicted molar refractivity (Wildman–Crippen MR) is 120 cm³/mol. The van der Waals surface area contributed by atoms with Crippen LogP contribution in [0.4, 0.5) is 26.3 Å². The normalized spacial score (nSPS) is 14.0. The number of sulfonamides is 2. The summed E-state index contributed by atoms with van der Waals surface area (Å²) in [7, 11) is -17.6. The summed E-state index contributed by atoms with van der Waals surface area (Å²) in [6.45, 7) is 0. The van der Waals surface area contributed by atoms with Crippen molar-refractivity contribution in [1.82, 2.24) is 3.12 Å². The van der Waals surface area contributed by atoms with E-state index in [1.807, 2.05) is 0 Å². The van der Waals surface area contributed by atoms with E-state index in [0.717, 1.165) is 36.4 Å². The first kappa shape index (κ1) is 27.8. The maximum atomic E-state index is 13.9. The number of nitrogens with zero attached hydrogens (tertiary/aromatic N) is 1. The second-order valence-corrected chi connectivity index (χ2v) is 14.1. The average molecular weight is 574 g/mol. The lowest BCUT2D eigenvalue weighted by Gasteiger charge is -2.47. The molecule has 0 unspecified atom stereocenters. The molecule has 0 atom stereocenters. The average Bonchev–Trinajstić information content (AvgIpc) is 2.82. The number of benzene rings is 3. The van der Waals surface area contributed by atoms with Gasteiger partial charge in [-0.2, -0.15) is 26.3 Å². The van der Waals surface area contributed by atoms with Gasteiger partial charge in [0.15, 0.2) is 0 Å². The highest BCUT2D eigenvalue weighted by molar-refractivity contribution is 8.41. The zero-order valence-electron chi connectivity index (χ0n) is 18.1. The van der Waals surface area contributed by atoms with Crippen molar-refractivity contribution >= 4 is 30.3 Å². The van der Waals surface area contributed by atoms with E-state index in [2.05, 4.69) is 0 Å². The highest BCUT2D eigenvalue weighted by Gasteiger charge is 2.67. The van der Waals surface area contributed by atoms with Crippen LogP contribution in [0.25, 0.3) is 0 Å². The third kappa shape index (κ3) is 4.55. The Kier molecular flexibility index (Phi) is 7.43. The summed E-state index contributed by atoms with van der Waals surface area (Å²) in [5, 5.41) is 0. The van der Waals surface area contributed by atoms with E-state index in [9.17, 15) is 43.2 Å². The van der Waals surface area contributed by atoms with Gasteiger partial charge in [-0.05, 0) is 51.6 Å². The van der Waals surface area contributed by atoms with Crippen LogP contribution in [-0.2, 0) is 20.0 Å². The maximum absolute atomic E-state index is 13.9. The summed E-state index contributed by atoms with van der Waals surface area (Å²) in [5.74, 6) is 0.136. The SMILES string of the molecule is COc1ccc(S(c2ccccc2)(c2ccccc2)N(S(=O)(=O)C(F)(F)F)S(=O)(=O)C(F)(F)F)cc1. The Labute approximate surface area is 204 Å². The lowest BCUT2D eigenvalue weighted by molar-refractivity contribution is -0.0505. The molecule has 0 fully saturated rings. The molecule has 0 heterocycles. The number of rotatable bonds is 7. The topological polar surface area (TPSA) is 80.8 Å². The summed E-state index contributed by atoms with van der Waals surface area (Å²) < 4.78 is 139. The van der Waals surface area contributed by atoms with Gasteiger partial charge in [-0.1, -0.05) is 46.6 Å². The van der Waals surface area contributed by atoms with Crippen molar-refractivity contribution in [3.05, 3.63) is 84.9 Å². The van der Waals surface area contributed by atoms with Crippen LogP contribution in [0.3, 0.4) is 0 Å². The van der Waals surface area contributed by atoms with Gasteiger partial charge in [0.05, 0.1) is 7.11 Å². The van der Waals surface area contributed by atoms with Gasteiger partial charge in [0.1, 0.15) is 5.75 Å². The molecule has 0 saturated heterocycles. The highest BCUT2D eigenvalue weighted by atomic mass is 32.4. The Bertz CT molecular complexity index is 1330. The summed E-state index contributed by atoms with van der Waals surface area (Å²) >= 11 is 0. The van der Waals surface area contributed by atoms with E-state index in [-0.39, 0.29) is 5.75 Å². The van der Waals surface area contributed by atoms with Gasteiger partial charge < -0.3 is 4.74 Å². The molecule has 0 aliphatic carbocycles. The smallest absolute Gasteiger partial charge is 0.497 e. The quantitative estimate of drug-likeness (QED) is 0.329. The first-order chi connectivity index (χ1) is 16.6. The standard InChI is InChI=1S/C21H17F6NO5S3/c1-33-16-12-14-19(15-13-16)34(17-8-4-2-5-9-17,18-10-6-3-7-11-18)28(35(29,30)20(22,23)24)36(31,32)21(25,26)27/h2-15H,1H3. The molecule has 0 aliphatic rings. The third-order valence-electron chi connectivity index (χ3n) is 4.77. The van der Waals surface area contributed by atoms with Crippen LogP contribution in [0.2, 0.25) is 0 Å². The van der Waals surface area contributed by atoms with Crippen molar-refractivity contribution in [2.75, 3.05) is 7.11 Å². The molecule has 6 nitrogen and oxygen atoms in total. The van der Waals surface area contributed by atoms with Crippen LogP contribution >= 0.6 is 10.2 Å². The predicted octanol–water partition coefficient (Wildman–Crippen LogP) is 5.89. The number of halogens is 6. The molecule has 0 aromatic heterocycles. The van der Waals surface area contributed by atoms with Crippen LogP contribution in [-0.4, -0.2) is 38.1 Å². The van der Waals surface area contributed by atoms with Gasteiger partial charge in [-0.3, -0.25) is 0 Å².